The van der Waals surface area contributed by atoms with E-state index >= 15 is 0 Å². The number of hydrogen-bond donors (Lipinski definition) is 1. The molecule has 88 valence electrons. The molecule has 1 aromatic heterocycles. The topological polar surface area (TPSA) is 39.6 Å². The zero-order valence-electron chi connectivity index (χ0n) is 9.71. The molecule has 1 atom stereocenters. The highest BCUT2D eigenvalue weighted by atomic mass is 16.3. The quantitative estimate of drug-likeness (QED) is 0.791. The third-order valence-electron chi connectivity index (χ3n) is 3.15. The minimum Gasteiger partial charge on any atom is -0.395 e. The van der Waals surface area contributed by atoms with Crippen molar-refractivity contribution in [3.8, 4) is 0 Å². The Morgan fingerprint density at radius 3 is 2.81 bits per heavy atom. The lowest BCUT2D eigenvalue weighted by molar-refractivity contribution is 0.0458. The summed E-state index contributed by atoms with van der Waals surface area (Å²) in [5, 5.41) is 9.38. The Kier molecular flexibility index (Phi) is 3.88. The summed E-state index contributed by atoms with van der Waals surface area (Å²) in [7, 11) is 2.10. The standard InChI is InChI=1S/C12H19N3O/c1-14-6-7-15(12(9-14)10-16)8-11-2-4-13-5-3-11/h2-5,12,16H,6-10H2,1H3. The van der Waals surface area contributed by atoms with Crippen molar-refractivity contribution in [3.63, 3.8) is 0 Å². The van der Waals surface area contributed by atoms with Gasteiger partial charge < -0.3 is 10.0 Å². The van der Waals surface area contributed by atoms with Gasteiger partial charge in [0.25, 0.3) is 0 Å². The fourth-order valence-corrected chi connectivity index (χ4v) is 2.15. The highest BCUT2D eigenvalue weighted by molar-refractivity contribution is 5.09. The van der Waals surface area contributed by atoms with Gasteiger partial charge in [0.2, 0.25) is 0 Å². The first-order chi connectivity index (χ1) is 7.79. The Labute approximate surface area is 96.5 Å². The van der Waals surface area contributed by atoms with Crippen LogP contribution in [0.2, 0.25) is 0 Å². The van der Waals surface area contributed by atoms with Crippen LogP contribution in [0.15, 0.2) is 24.5 Å². The van der Waals surface area contributed by atoms with Gasteiger partial charge in [0, 0.05) is 44.6 Å². The zero-order chi connectivity index (χ0) is 11.4. The molecule has 0 bridgehead atoms. The van der Waals surface area contributed by atoms with Crippen molar-refractivity contribution >= 4 is 0 Å². The maximum Gasteiger partial charge on any atom is 0.0599 e. The third-order valence-corrected chi connectivity index (χ3v) is 3.15. The molecule has 4 heteroatoms. The molecular weight excluding hydrogens is 202 g/mol. The smallest absolute Gasteiger partial charge is 0.0599 e. The Balaban J connectivity index is 1.98. The number of pyridine rings is 1. The minimum absolute atomic E-state index is 0.232. The van der Waals surface area contributed by atoms with Crippen LogP contribution >= 0.6 is 0 Å². The molecule has 1 N–H and O–H groups in total. The van der Waals surface area contributed by atoms with Gasteiger partial charge in [-0.25, -0.2) is 0 Å². The van der Waals surface area contributed by atoms with Gasteiger partial charge in [0.05, 0.1) is 6.61 Å². The van der Waals surface area contributed by atoms with Crippen molar-refractivity contribution in [2.75, 3.05) is 33.3 Å². The minimum atomic E-state index is 0.232. The van der Waals surface area contributed by atoms with E-state index < -0.39 is 0 Å². The number of aliphatic hydroxyl groups is 1. The number of likely N-dealkylation sites (N-methyl/N-ethyl adjacent to an activating group) is 1. The van der Waals surface area contributed by atoms with Crippen LogP contribution in [0.4, 0.5) is 0 Å². The van der Waals surface area contributed by atoms with Crippen LogP contribution in [-0.2, 0) is 6.54 Å². The monoisotopic (exact) mass is 221 g/mol. The van der Waals surface area contributed by atoms with E-state index in [2.05, 4.69) is 21.8 Å². The molecule has 1 unspecified atom stereocenters. The maximum atomic E-state index is 9.38. The molecule has 1 fully saturated rings. The van der Waals surface area contributed by atoms with Crippen LogP contribution in [0.25, 0.3) is 0 Å². The Morgan fingerprint density at radius 1 is 1.38 bits per heavy atom. The number of aromatic nitrogens is 1. The molecule has 0 saturated carbocycles. The first kappa shape index (κ1) is 11.5. The lowest BCUT2D eigenvalue weighted by Gasteiger charge is -2.39. The average molecular weight is 221 g/mol. The first-order valence-corrected chi connectivity index (χ1v) is 5.72. The molecular formula is C12H19N3O. The average Bonchev–Trinajstić information content (AvgIpc) is 2.33. The van der Waals surface area contributed by atoms with Gasteiger partial charge >= 0.3 is 0 Å². The first-order valence-electron chi connectivity index (χ1n) is 5.72. The van der Waals surface area contributed by atoms with E-state index in [-0.39, 0.29) is 12.6 Å². The lowest BCUT2D eigenvalue weighted by Crippen LogP contribution is -2.52. The molecule has 0 amide bonds. The van der Waals surface area contributed by atoms with Crippen molar-refractivity contribution in [2.24, 2.45) is 0 Å². The van der Waals surface area contributed by atoms with Crippen molar-refractivity contribution in [1.82, 2.24) is 14.8 Å². The summed E-state index contributed by atoms with van der Waals surface area (Å²) in [5.41, 5.74) is 1.26. The summed E-state index contributed by atoms with van der Waals surface area (Å²) in [6.07, 6.45) is 3.64. The Bertz CT molecular complexity index is 317. The van der Waals surface area contributed by atoms with Gasteiger partial charge in [-0.3, -0.25) is 9.88 Å². The second kappa shape index (κ2) is 5.39. The highest BCUT2D eigenvalue weighted by Crippen LogP contribution is 2.12. The Hall–Kier alpha value is -0.970. The molecule has 4 nitrogen and oxygen atoms in total. The summed E-state index contributed by atoms with van der Waals surface area (Å²) in [6.45, 7) is 4.17. The van der Waals surface area contributed by atoms with Gasteiger partial charge in [-0.05, 0) is 24.7 Å². The van der Waals surface area contributed by atoms with E-state index in [1.54, 1.807) is 0 Å². The molecule has 1 aliphatic heterocycles. The highest BCUT2D eigenvalue weighted by Gasteiger charge is 2.24. The third kappa shape index (κ3) is 2.78. The van der Waals surface area contributed by atoms with E-state index in [0.717, 1.165) is 26.2 Å². The van der Waals surface area contributed by atoms with Crippen molar-refractivity contribution in [3.05, 3.63) is 30.1 Å². The second-order valence-corrected chi connectivity index (χ2v) is 4.42. The molecule has 0 radical (unpaired) electrons. The van der Waals surface area contributed by atoms with Crippen molar-refractivity contribution in [2.45, 2.75) is 12.6 Å². The predicted octanol–water partition coefficient (Wildman–Crippen LogP) is 0.190. The van der Waals surface area contributed by atoms with Gasteiger partial charge in [-0.2, -0.15) is 0 Å². The summed E-state index contributed by atoms with van der Waals surface area (Å²) < 4.78 is 0. The number of rotatable bonds is 3. The molecule has 2 heterocycles. The van der Waals surface area contributed by atoms with Crippen molar-refractivity contribution < 1.29 is 5.11 Å². The van der Waals surface area contributed by atoms with E-state index in [1.807, 2.05) is 24.5 Å². The SMILES string of the molecule is CN1CCN(Cc2ccncc2)C(CO)C1. The molecule has 0 aliphatic carbocycles. The van der Waals surface area contributed by atoms with Crippen LogP contribution in [0.5, 0.6) is 0 Å². The molecule has 16 heavy (non-hydrogen) atoms. The number of aliphatic hydroxyl groups excluding tert-OH is 1. The molecule has 1 saturated heterocycles. The lowest BCUT2D eigenvalue weighted by atomic mass is 10.1. The van der Waals surface area contributed by atoms with Crippen LogP contribution in [0.1, 0.15) is 5.56 Å². The van der Waals surface area contributed by atoms with Gasteiger partial charge in [-0.15, -0.1) is 0 Å². The fraction of sp³-hybridized carbons (Fsp3) is 0.583. The van der Waals surface area contributed by atoms with Crippen LogP contribution in [0.3, 0.4) is 0 Å². The van der Waals surface area contributed by atoms with Crippen molar-refractivity contribution in [1.29, 1.82) is 0 Å². The van der Waals surface area contributed by atoms with Gasteiger partial charge in [0.1, 0.15) is 0 Å². The van der Waals surface area contributed by atoms with E-state index in [9.17, 15) is 5.11 Å². The van der Waals surface area contributed by atoms with E-state index in [1.165, 1.54) is 5.56 Å². The largest absolute Gasteiger partial charge is 0.395 e. The van der Waals surface area contributed by atoms with E-state index in [4.69, 9.17) is 0 Å². The van der Waals surface area contributed by atoms with E-state index in [0.29, 0.717) is 0 Å². The summed E-state index contributed by atoms with van der Waals surface area (Å²) in [5.74, 6) is 0. The van der Waals surface area contributed by atoms with Gasteiger partial charge in [-0.1, -0.05) is 0 Å². The molecule has 1 aromatic rings. The molecule has 0 spiro atoms. The number of hydrogen-bond acceptors (Lipinski definition) is 4. The summed E-state index contributed by atoms with van der Waals surface area (Å²) in [4.78, 5) is 8.62. The fourth-order valence-electron chi connectivity index (χ4n) is 2.15. The summed E-state index contributed by atoms with van der Waals surface area (Å²) in [6, 6.07) is 4.33. The van der Waals surface area contributed by atoms with Crippen LogP contribution in [-0.4, -0.2) is 59.2 Å². The number of piperazine rings is 1. The normalized spacial score (nSPS) is 23.5. The molecule has 2 rings (SSSR count). The zero-order valence-corrected chi connectivity index (χ0v) is 9.71. The molecule has 1 aliphatic rings. The summed E-state index contributed by atoms with van der Waals surface area (Å²) >= 11 is 0. The molecule has 0 aromatic carbocycles. The van der Waals surface area contributed by atoms with Gasteiger partial charge in [0.15, 0.2) is 0 Å². The Morgan fingerprint density at radius 2 is 2.12 bits per heavy atom. The predicted molar refractivity (Wildman–Crippen MR) is 63.0 cm³/mol. The number of nitrogens with zero attached hydrogens (tertiary/aromatic N) is 3. The maximum absolute atomic E-state index is 9.38. The van der Waals surface area contributed by atoms with Crippen LogP contribution in [0, 0.1) is 0 Å². The van der Waals surface area contributed by atoms with Crippen LogP contribution < -0.4 is 0 Å². The second-order valence-electron chi connectivity index (χ2n) is 4.42.